The standard InChI is InChI=1S/C12H18N2O/c1-9(2)13-8-11-4-6-12(7-5-11)14-10(3)15/h4-7,9,13H,8H2,1-3H3,(H,14,15). The molecule has 0 bridgehead atoms. The van der Waals surface area contributed by atoms with Gasteiger partial charge in [0.2, 0.25) is 5.91 Å². The minimum absolute atomic E-state index is 0.0388. The molecule has 2 N–H and O–H groups in total. The number of anilines is 1. The summed E-state index contributed by atoms with van der Waals surface area (Å²) >= 11 is 0. The number of carbonyl (C=O) groups is 1. The zero-order valence-corrected chi connectivity index (χ0v) is 9.50. The molecule has 0 saturated carbocycles. The molecular weight excluding hydrogens is 188 g/mol. The Kier molecular flexibility index (Phi) is 4.31. The smallest absolute Gasteiger partial charge is 0.221 e. The molecule has 0 heterocycles. The predicted octanol–water partition coefficient (Wildman–Crippen LogP) is 2.14. The maximum atomic E-state index is 10.8. The van der Waals surface area contributed by atoms with Gasteiger partial charge >= 0.3 is 0 Å². The lowest BCUT2D eigenvalue weighted by atomic mass is 10.2. The summed E-state index contributed by atoms with van der Waals surface area (Å²) < 4.78 is 0. The second kappa shape index (κ2) is 5.51. The van der Waals surface area contributed by atoms with Crippen LogP contribution in [0, 0.1) is 0 Å². The number of carbonyl (C=O) groups excluding carboxylic acids is 1. The third-order valence-electron chi connectivity index (χ3n) is 1.99. The summed E-state index contributed by atoms with van der Waals surface area (Å²) in [4.78, 5) is 10.8. The number of rotatable bonds is 4. The molecule has 1 aromatic carbocycles. The second-order valence-electron chi connectivity index (χ2n) is 3.91. The number of benzene rings is 1. The summed E-state index contributed by atoms with van der Waals surface area (Å²) in [5.41, 5.74) is 2.06. The van der Waals surface area contributed by atoms with Gasteiger partial charge in [-0.1, -0.05) is 26.0 Å². The summed E-state index contributed by atoms with van der Waals surface area (Å²) in [6.07, 6.45) is 0. The topological polar surface area (TPSA) is 41.1 Å². The third-order valence-corrected chi connectivity index (χ3v) is 1.99. The second-order valence-corrected chi connectivity index (χ2v) is 3.91. The Morgan fingerprint density at radius 1 is 1.27 bits per heavy atom. The highest BCUT2D eigenvalue weighted by molar-refractivity contribution is 5.88. The predicted molar refractivity (Wildman–Crippen MR) is 62.7 cm³/mol. The van der Waals surface area contributed by atoms with Crippen LogP contribution >= 0.6 is 0 Å². The van der Waals surface area contributed by atoms with E-state index in [1.165, 1.54) is 12.5 Å². The van der Waals surface area contributed by atoms with Crippen molar-refractivity contribution in [2.45, 2.75) is 33.4 Å². The largest absolute Gasteiger partial charge is 0.326 e. The van der Waals surface area contributed by atoms with Gasteiger partial charge in [-0.2, -0.15) is 0 Å². The van der Waals surface area contributed by atoms with Crippen LogP contribution in [0.3, 0.4) is 0 Å². The Bertz CT molecular complexity index is 317. The molecule has 1 rings (SSSR count). The first-order chi connectivity index (χ1) is 7.08. The van der Waals surface area contributed by atoms with Gasteiger partial charge < -0.3 is 10.6 Å². The normalized spacial score (nSPS) is 10.4. The van der Waals surface area contributed by atoms with Gasteiger partial charge in [-0.3, -0.25) is 4.79 Å². The van der Waals surface area contributed by atoms with Crippen molar-refractivity contribution >= 4 is 11.6 Å². The van der Waals surface area contributed by atoms with Gasteiger partial charge in [0.15, 0.2) is 0 Å². The van der Waals surface area contributed by atoms with Gasteiger partial charge in [0.1, 0.15) is 0 Å². The molecule has 0 radical (unpaired) electrons. The first-order valence-electron chi connectivity index (χ1n) is 5.18. The molecule has 0 saturated heterocycles. The van der Waals surface area contributed by atoms with Crippen molar-refractivity contribution in [3.05, 3.63) is 29.8 Å². The van der Waals surface area contributed by atoms with E-state index >= 15 is 0 Å². The molecule has 0 fully saturated rings. The molecule has 0 aliphatic carbocycles. The van der Waals surface area contributed by atoms with E-state index in [9.17, 15) is 4.79 Å². The fourth-order valence-electron chi connectivity index (χ4n) is 1.23. The molecule has 0 spiro atoms. The van der Waals surface area contributed by atoms with Crippen LogP contribution in [0.1, 0.15) is 26.3 Å². The van der Waals surface area contributed by atoms with E-state index in [1.54, 1.807) is 0 Å². The highest BCUT2D eigenvalue weighted by atomic mass is 16.1. The molecule has 0 aliphatic rings. The molecule has 1 amide bonds. The summed E-state index contributed by atoms with van der Waals surface area (Å²) in [7, 11) is 0. The summed E-state index contributed by atoms with van der Waals surface area (Å²) in [6.45, 7) is 6.60. The van der Waals surface area contributed by atoms with Crippen LogP contribution in [0.15, 0.2) is 24.3 Å². The van der Waals surface area contributed by atoms with Crippen LogP contribution < -0.4 is 10.6 Å². The summed E-state index contributed by atoms with van der Waals surface area (Å²) in [6, 6.07) is 8.35. The van der Waals surface area contributed by atoms with E-state index in [0.29, 0.717) is 6.04 Å². The van der Waals surface area contributed by atoms with Crippen LogP contribution in [0.4, 0.5) is 5.69 Å². The summed E-state index contributed by atoms with van der Waals surface area (Å²) in [5, 5.41) is 6.07. The SMILES string of the molecule is CC(=O)Nc1ccc(CNC(C)C)cc1. The van der Waals surface area contributed by atoms with E-state index < -0.39 is 0 Å². The number of hydrogen-bond donors (Lipinski definition) is 2. The van der Waals surface area contributed by atoms with Crippen molar-refractivity contribution in [3.63, 3.8) is 0 Å². The molecule has 0 atom stereocenters. The van der Waals surface area contributed by atoms with Gasteiger partial charge in [-0.05, 0) is 17.7 Å². The van der Waals surface area contributed by atoms with Crippen LogP contribution in [0.25, 0.3) is 0 Å². The molecule has 0 aromatic heterocycles. The zero-order chi connectivity index (χ0) is 11.3. The Balaban J connectivity index is 2.52. The highest BCUT2D eigenvalue weighted by Crippen LogP contribution is 2.09. The average molecular weight is 206 g/mol. The van der Waals surface area contributed by atoms with E-state index in [1.807, 2.05) is 24.3 Å². The molecular formula is C12H18N2O. The molecule has 3 heteroatoms. The van der Waals surface area contributed by atoms with Gasteiger partial charge in [0.25, 0.3) is 0 Å². The first-order valence-corrected chi connectivity index (χ1v) is 5.18. The fraction of sp³-hybridized carbons (Fsp3) is 0.417. The minimum atomic E-state index is -0.0388. The third kappa shape index (κ3) is 4.61. The number of amides is 1. The van der Waals surface area contributed by atoms with E-state index in [2.05, 4.69) is 24.5 Å². The Labute approximate surface area is 90.9 Å². The van der Waals surface area contributed by atoms with Crippen molar-refractivity contribution in [2.75, 3.05) is 5.32 Å². The Hall–Kier alpha value is -1.35. The number of nitrogens with one attached hydrogen (secondary N) is 2. The average Bonchev–Trinajstić information content (AvgIpc) is 2.16. The number of hydrogen-bond acceptors (Lipinski definition) is 2. The summed E-state index contributed by atoms with van der Waals surface area (Å²) in [5.74, 6) is -0.0388. The lowest BCUT2D eigenvalue weighted by Gasteiger charge is -2.08. The van der Waals surface area contributed by atoms with Gasteiger partial charge in [-0.25, -0.2) is 0 Å². The zero-order valence-electron chi connectivity index (χ0n) is 9.50. The van der Waals surface area contributed by atoms with Crippen LogP contribution in [-0.4, -0.2) is 11.9 Å². The van der Waals surface area contributed by atoms with Crippen molar-refractivity contribution in [1.29, 1.82) is 0 Å². The van der Waals surface area contributed by atoms with Crippen molar-refractivity contribution < 1.29 is 4.79 Å². The van der Waals surface area contributed by atoms with Crippen molar-refractivity contribution in [1.82, 2.24) is 5.32 Å². The minimum Gasteiger partial charge on any atom is -0.326 e. The van der Waals surface area contributed by atoms with Crippen LogP contribution in [0.2, 0.25) is 0 Å². The van der Waals surface area contributed by atoms with Gasteiger partial charge in [0.05, 0.1) is 0 Å². The molecule has 0 aliphatic heterocycles. The highest BCUT2D eigenvalue weighted by Gasteiger charge is 1.97. The molecule has 3 nitrogen and oxygen atoms in total. The van der Waals surface area contributed by atoms with Gasteiger partial charge in [0, 0.05) is 25.2 Å². The molecule has 15 heavy (non-hydrogen) atoms. The van der Waals surface area contributed by atoms with Crippen LogP contribution in [0.5, 0.6) is 0 Å². The fourth-order valence-corrected chi connectivity index (χ4v) is 1.23. The Morgan fingerprint density at radius 2 is 1.87 bits per heavy atom. The first kappa shape index (κ1) is 11.7. The van der Waals surface area contributed by atoms with E-state index in [-0.39, 0.29) is 5.91 Å². The monoisotopic (exact) mass is 206 g/mol. The van der Waals surface area contributed by atoms with Gasteiger partial charge in [-0.15, -0.1) is 0 Å². The van der Waals surface area contributed by atoms with E-state index in [0.717, 1.165) is 12.2 Å². The van der Waals surface area contributed by atoms with E-state index in [4.69, 9.17) is 0 Å². The van der Waals surface area contributed by atoms with Crippen LogP contribution in [-0.2, 0) is 11.3 Å². The lowest BCUT2D eigenvalue weighted by molar-refractivity contribution is -0.114. The quantitative estimate of drug-likeness (QED) is 0.792. The molecule has 1 aromatic rings. The maximum Gasteiger partial charge on any atom is 0.221 e. The van der Waals surface area contributed by atoms with Crippen molar-refractivity contribution in [2.24, 2.45) is 0 Å². The molecule has 82 valence electrons. The molecule has 0 unspecified atom stereocenters. The van der Waals surface area contributed by atoms with Crippen molar-refractivity contribution in [3.8, 4) is 0 Å². The maximum absolute atomic E-state index is 10.8. The lowest BCUT2D eigenvalue weighted by Crippen LogP contribution is -2.21. The Morgan fingerprint density at radius 3 is 2.33 bits per heavy atom.